The molecule has 21 heavy (non-hydrogen) atoms. The summed E-state index contributed by atoms with van der Waals surface area (Å²) in [5.74, 6) is 0.452. The summed E-state index contributed by atoms with van der Waals surface area (Å²) < 4.78 is 22.7. The van der Waals surface area contributed by atoms with E-state index in [1.165, 1.54) is 12.1 Å². The molecule has 2 rings (SSSR count). The number of pyridine rings is 1. The standard InChI is InChI=1S/C14H14N4O2S/c1-10(18-14-12(9-15)5-3-7-17-14)11-4-2-6-13(8-11)21(16,19)20/h2-8,10H,1H3,(H,17,18)(H2,16,19,20). The van der Waals surface area contributed by atoms with Gasteiger partial charge in [0.1, 0.15) is 11.9 Å². The van der Waals surface area contributed by atoms with Crippen molar-refractivity contribution in [3.05, 3.63) is 53.7 Å². The van der Waals surface area contributed by atoms with Gasteiger partial charge < -0.3 is 5.32 Å². The van der Waals surface area contributed by atoms with Crippen molar-refractivity contribution < 1.29 is 8.42 Å². The summed E-state index contributed by atoms with van der Waals surface area (Å²) >= 11 is 0. The predicted octanol–water partition coefficient (Wildman–Crippen LogP) is 1.77. The van der Waals surface area contributed by atoms with Crippen molar-refractivity contribution in [1.29, 1.82) is 5.26 Å². The summed E-state index contributed by atoms with van der Waals surface area (Å²) in [6, 6.07) is 11.5. The normalized spacial score (nSPS) is 12.4. The van der Waals surface area contributed by atoms with E-state index in [1.807, 2.05) is 13.0 Å². The number of aromatic nitrogens is 1. The molecule has 1 atom stereocenters. The van der Waals surface area contributed by atoms with Gasteiger partial charge in [-0.25, -0.2) is 18.5 Å². The van der Waals surface area contributed by atoms with E-state index in [4.69, 9.17) is 10.4 Å². The van der Waals surface area contributed by atoms with Crippen molar-refractivity contribution in [3.8, 4) is 6.07 Å². The van der Waals surface area contributed by atoms with Gasteiger partial charge in [0, 0.05) is 6.20 Å². The van der Waals surface area contributed by atoms with Crippen LogP contribution < -0.4 is 10.5 Å². The molecule has 0 aliphatic carbocycles. The molecule has 0 saturated carbocycles. The molecule has 1 aromatic heterocycles. The van der Waals surface area contributed by atoms with Crippen molar-refractivity contribution in [3.63, 3.8) is 0 Å². The zero-order chi connectivity index (χ0) is 15.5. The second-order valence-corrected chi connectivity index (χ2v) is 6.06. The van der Waals surface area contributed by atoms with E-state index < -0.39 is 10.0 Å². The van der Waals surface area contributed by atoms with E-state index >= 15 is 0 Å². The summed E-state index contributed by atoms with van der Waals surface area (Å²) in [5.41, 5.74) is 1.16. The third-order valence-electron chi connectivity index (χ3n) is 2.97. The Bertz CT molecular complexity index is 797. The topological polar surface area (TPSA) is 109 Å². The summed E-state index contributed by atoms with van der Waals surface area (Å²) in [6.07, 6.45) is 1.58. The van der Waals surface area contributed by atoms with Gasteiger partial charge in [-0.05, 0) is 36.8 Å². The maximum atomic E-state index is 11.4. The predicted molar refractivity (Wildman–Crippen MR) is 78.8 cm³/mol. The molecule has 1 heterocycles. The zero-order valence-corrected chi connectivity index (χ0v) is 12.1. The van der Waals surface area contributed by atoms with E-state index in [2.05, 4.69) is 10.3 Å². The molecule has 1 aromatic carbocycles. The van der Waals surface area contributed by atoms with Crippen molar-refractivity contribution in [2.45, 2.75) is 17.9 Å². The first kappa shape index (κ1) is 15.0. The van der Waals surface area contributed by atoms with Crippen molar-refractivity contribution in [2.24, 2.45) is 5.14 Å². The lowest BCUT2D eigenvalue weighted by atomic mass is 10.1. The minimum absolute atomic E-state index is 0.0511. The van der Waals surface area contributed by atoms with Crippen LogP contribution in [0.25, 0.3) is 0 Å². The number of rotatable bonds is 4. The minimum atomic E-state index is -3.74. The number of anilines is 1. The molecule has 0 spiro atoms. The van der Waals surface area contributed by atoms with Gasteiger partial charge in [0.05, 0.1) is 16.5 Å². The van der Waals surface area contributed by atoms with Crippen LogP contribution in [0.3, 0.4) is 0 Å². The van der Waals surface area contributed by atoms with Crippen LogP contribution in [0.15, 0.2) is 47.5 Å². The lowest BCUT2D eigenvalue weighted by Crippen LogP contribution is -2.14. The highest BCUT2D eigenvalue weighted by atomic mass is 32.2. The molecule has 3 N–H and O–H groups in total. The Morgan fingerprint density at radius 2 is 2.10 bits per heavy atom. The average molecular weight is 302 g/mol. The summed E-state index contributed by atoms with van der Waals surface area (Å²) in [7, 11) is -3.74. The number of sulfonamides is 1. The third-order valence-corrected chi connectivity index (χ3v) is 3.88. The van der Waals surface area contributed by atoms with Crippen molar-refractivity contribution in [2.75, 3.05) is 5.32 Å². The second kappa shape index (κ2) is 5.91. The van der Waals surface area contributed by atoms with Gasteiger partial charge in [0.2, 0.25) is 10.0 Å². The third kappa shape index (κ3) is 3.56. The number of nitrogens with one attached hydrogen (secondary N) is 1. The fraction of sp³-hybridized carbons (Fsp3) is 0.143. The minimum Gasteiger partial charge on any atom is -0.362 e. The second-order valence-electron chi connectivity index (χ2n) is 4.49. The molecule has 2 aromatic rings. The highest BCUT2D eigenvalue weighted by Crippen LogP contribution is 2.21. The van der Waals surface area contributed by atoms with Crippen LogP contribution >= 0.6 is 0 Å². The lowest BCUT2D eigenvalue weighted by Gasteiger charge is -2.16. The molecule has 0 aliphatic heterocycles. The summed E-state index contributed by atoms with van der Waals surface area (Å²) in [5, 5.41) is 17.2. The average Bonchev–Trinajstić information content (AvgIpc) is 2.47. The number of primary sulfonamides is 1. The van der Waals surface area contributed by atoms with Crippen LogP contribution in [0.5, 0.6) is 0 Å². The number of nitriles is 1. The van der Waals surface area contributed by atoms with E-state index in [-0.39, 0.29) is 10.9 Å². The fourth-order valence-corrected chi connectivity index (χ4v) is 2.43. The molecule has 0 bridgehead atoms. The Hall–Kier alpha value is -2.43. The molecule has 6 nitrogen and oxygen atoms in total. The lowest BCUT2D eigenvalue weighted by molar-refractivity contribution is 0.597. The molecule has 0 amide bonds. The SMILES string of the molecule is CC(Nc1ncccc1C#N)c1cccc(S(N)(=O)=O)c1. The molecule has 108 valence electrons. The molecule has 1 unspecified atom stereocenters. The van der Waals surface area contributed by atoms with Crippen LogP contribution in [0, 0.1) is 11.3 Å². The van der Waals surface area contributed by atoms with Gasteiger partial charge in [0.15, 0.2) is 0 Å². The highest BCUT2D eigenvalue weighted by Gasteiger charge is 2.13. The van der Waals surface area contributed by atoms with Gasteiger partial charge in [-0.1, -0.05) is 12.1 Å². The largest absolute Gasteiger partial charge is 0.362 e. The maximum absolute atomic E-state index is 11.4. The molecule has 0 radical (unpaired) electrons. The highest BCUT2D eigenvalue weighted by molar-refractivity contribution is 7.89. The van der Waals surface area contributed by atoms with Crippen LogP contribution in [0.1, 0.15) is 24.1 Å². The Labute approximate surface area is 123 Å². The molecule has 0 aliphatic rings. The van der Waals surface area contributed by atoms with Gasteiger partial charge >= 0.3 is 0 Å². The number of hydrogen-bond acceptors (Lipinski definition) is 5. The number of hydrogen-bond donors (Lipinski definition) is 2. The van der Waals surface area contributed by atoms with Crippen LogP contribution in [-0.2, 0) is 10.0 Å². The Kier molecular flexibility index (Phi) is 4.21. The van der Waals surface area contributed by atoms with Gasteiger partial charge in [0.25, 0.3) is 0 Å². The molecule has 0 saturated heterocycles. The molecular formula is C14H14N4O2S. The number of benzene rings is 1. The Balaban J connectivity index is 2.29. The molecule has 0 fully saturated rings. The van der Waals surface area contributed by atoms with Crippen LogP contribution in [-0.4, -0.2) is 13.4 Å². The van der Waals surface area contributed by atoms with Crippen molar-refractivity contribution in [1.82, 2.24) is 4.98 Å². The quantitative estimate of drug-likeness (QED) is 0.894. The van der Waals surface area contributed by atoms with E-state index in [1.54, 1.807) is 30.5 Å². The van der Waals surface area contributed by atoms with Gasteiger partial charge in [-0.3, -0.25) is 0 Å². The Morgan fingerprint density at radius 1 is 1.33 bits per heavy atom. The summed E-state index contributed by atoms with van der Waals surface area (Å²) in [4.78, 5) is 4.16. The number of nitrogens with two attached hydrogens (primary N) is 1. The molecule has 7 heteroatoms. The van der Waals surface area contributed by atoms with E-state index in [0.29, 0.717) is 11.4 Å². The maximum Gasteiger partial charge on any atom is 0.238 e. The van der Waals surface area contributed by atoms with Crippen LogP contribution in [0.4, 0.5) is 5.82 Å². The Morgan fingerprint density at radius 3 is 2.76 bits per heavy atom. The van der Waals surface area contributed by atoms with E-state index in [0.717, 1.165) is 5.56 Å². The zero-order valence-electron chi connectivity index (χ0n) is 11.3. The smallest absolute Gasteiger partial charge is 0.238 e. The molecular weight excluding hydrogens is 288 g/mol. The first-order valence-corrected chi connectivity index (χ1v) is 7.71. The fourth-order valence-electron chi connectivity index (χ4n) is 1.86. The van der Waals surface area contributed by atoms with Gasteiger partial charge in [-0.2, -0.15) is 5.26 Å². The van der Waals surface area contributed by atoms with Gasteiger partial charge in [-0.15, -0.1) is 0 Å². The van der Waals surface area contributed by atoms with Crippen LogP contribution in [0.2, 0.25) is 0 Å². The first-order valence-electron chi connectivity index (χ1n) is 6.16. The first-order chi connectivity index (χ1) is 9.91. The van der Waals surface area contributed by atoms with Crippen molar-refractivity contribution >= 4 is 15.8 Å². The monoisotopic (exact) mass is 302 g/mol. The van der Waals surface area contributed by atoms with E-state index in [9.17, 15) is 8.42 Å². The summed E-state index contributed by atoms with van der Waals surface area (Å²) in [6.45, 7) is 1.85. The number of nitrogens with zero attached hydrogens (tertiary/aromatic N) is 2.